The van der Waals surface area contributed by atoms with E-state index in [1.165, 1.54) is 0 Å². The van der Waals surface area contributed by atoms with Gasteiger partial charge in [-0.05, 0) is 23.3 Å². The molecule has 1 heterocycles. The first-order valence-electron chi connectivity index (χ1n) is 6.83. The maximum atomic E-state index is 5.96. The van der Waals surface area contributed by atoms with E-state index in [0.29, 0.717) is 6.54 Å². The molecule has 0 bridgehead atoms. The van der Waals surface area contributed by atoms with Crippen molar-refractivity contribution < 1.29 is 0 Å². The normalized spacial score (nSPS) is 12.3. The Morgan fingerprint density at radius 1 is 1.05 bits per heavy atom. The third kappa shape index (κ3) is 3.06. The number of aromatic nitrogens is 2. The zero-order valence-corrected chi connectivity index (χ0v) is 13.1. The molecular formula is C17H16BrN3. The van der Waals surface area contributed by atoms with Crippen molar-refractivity contribution in [1.29, 1.82) is 0 Å². The van der Waals surface area contributed by atoms with Gasteiger partial charge in [-0.15, -0.1) is 0 Å². The number of nitrogens with zero attached hydrogens (tertiary/aromatic N) is 2. The van der Waals surface area contributed by atoms with Crippen molar-refractivity contribution in [2.45, 2.75) is 6.04 Å². The Morgan fingerprint density at radius 3 is 2.57 bits per heavy atom. The minimum atomic E-state index is 0.0416. The highest BCUT2D eigenvalue weighted by atomic mass is 79.9. The van der Waals surface area contributed by atoms with Gasteiger partial charge in [0, 0.05) is 22.8 Å². The van der Waals surface area contributed by atoms with E-state index in [9.17, 15) is 0 Å². The molecule has 1 unspecified atom stereocenters. The van der Waals surface area contributed by atoms with Crippen LogP contribution in [0.3, 0.4) is 0 Å². The molecule has 106 valence electrons. The average molecular weight is 342 g/mol. The second kappa shape index (κ2) is 6.24. The summed E-state index contributed by atoms with van der Waals surface area (Å²) >= 11 is 3.50. The highest BCUT2D eigenvalue weighted by Crippen LogP contribution is 2.24. The summed E-state index contributed by atoms with van der Waals surface area (Å²) in [6, 6.07) is 18.5. The fourth-order valence-corrected chi connectivity index (χ4v) is 2.82. The lowest BCUT2D eigenvalue weighted by molar-refractivity contribution is 0.532. The largest absolute Gasteiger partial charge is 0.328 e. The maximum Gasteiger partial charge on any atom is 0.0891 e. The van der Waals surface area contributed by atoms with Crippen LogP contribution in [-0.4, -0.2) is 16.3 Å². The first-order chi connectivity index (χ1) is 10.3. The van der Waals surface area contributed by atoms with E-state index in [-0.39, 0.29) is 6.04 Å². The quantitative estimate of drug-likeness (QED) is 0.782. The molecule has 0 spiro atoms. The van der Waals surface area contributed by atoms with Crippen LogP contribution >= 0.6 is 15.9 Å². The van der Waals surface area contributed by atoms with Gasteiger partial charge < -0.3 is 5.73 Å². The molecule has 3 rings (SSSR count). The summed E-state index contributed by atoms with van der Waals surface area (Å²) in [5.41, 5.74) is 9.37. The second-order valence-corrected chi connectivity index (χ2v) is 5.80. The molecular weight excluding hydrogens is 326 g/mol. The fraction of sp³-hybridized carbons (Fsp3) is 0.118. The van der Waals surface area contributed by atoms with Crippen LogP contribution in [0.2, 0.25) is 0 Å². The zero-order chi connectivity index (χ0) is 14.7. The molecule has 1 atom stereocenters. The van der Waals surface area contributed by atoms with Gasteiger partial charge in [0.05, 0.1) is 12.2 Å². The van der Waals surface area contributed by atoms with Crippen molar-refractivity contribution in [3.8, 4) is 11.1 Å². The molecule has 4 heteroatoms. The monoisotopic (exact) mass is 341 g/mol. The van der Waals surface area contributed by atoms with E-state index in [4.69, 9.17) is 5.73 Å². The number of hydrogen-bond acceptors (Lipinski definition) is 2. The van der Waals surface area contributed by atoms with Gasteiger partial charge in [0.2, 0.25) is 0 Å². The van der Waals surface area contributed by atoms with E-state index in [2.05, 4.69) is 45.3 Å². The molecule has 2 aromatic carbocycles. The lowest BCUT2D eigenvalue weighted by atomic mass is 10.1. The SMILES string of the molecule is NCC(c1cccc(Br)c1)n1cc(-c2ccccc2)cn1. The molecule has 0 aliphatic rings. The first kappa shape index (κ1) is 14.0. The van der Waals surface area contributed by atoms with Crippen molar-refractivity contribution >= 4 is 15.9 Å². The summed E-state index contributed by atoms with van der Waals surface area (Å²) < 4.78 is 2.98. The molecule has 0 saturated carbocycles. The van der Waals surface area contributed by atoms with E-state index < -0.39 is 0 Å². The average Bonchev–Trinajstić information content (AvgIpc) is 2.99. The Morgan fingerprint density at radius 2 is 1.86 bits per heavy atom. The van der Waals surface area contributed by atoms with Gasteiger partial charge in [0.15, 0.2) is 0 Å². The summed E-state index contributed by atoms with van der Waals surface area (Å²) in [6.07, 6.45) is 3.93. The van der Waals surface area contributed by atoms with E-state index >= 15 is 0 Å². The standard InChI is InChI=1S/C17H16BrN3/c18-16-8-4-7-14(9-16)17(10-19)21-12-15(11-20-21)13-5-2-1-3-6-13/h1-9,11-12,17H,10,19H2. The summed E-state index contributed by atoms with van der Waals surface area (Å²) in [7, 11) is 0. The zero-order valence-electron chi connectivity index (χ0n) is 11.5. The minimum Gasteiger partial charge on any atom is -0.328 e. The smallest absolute Gasteiger partial charge is 0.0891 e. The molecule has 0 aliphatic carbocycles. The van der Waals surface area contributed by atoms with Gasteiger partial charge in [-0.3, -0.25) is 4.68 Å². The summed E-state index contributed by atoms with van der Waals surface area (Å²) in [5, 5.41) is 4.49. The fourth-order valence-electron chi connectivity index (χ4n) is 2.40. The van der Waals surface area contributed by atoms with Gasteiger partial charge in [0.1, 0.15) is 0 Å². The maximum absolute atomic E-state index is 5.96. The van der Waals surface area contributed by atoms with Crippen LogP contribution in [0.25, 0.3) is 11.1 Å². The molecule has 3 nitrogen and oxygen atoms in total. The van der Waals surface area contributed by atoms with Crippen LogP contribution in [0.1, 0.15) is 11.6 Å². The van der Waals surface area contributed by atoms with Gasteiger partial charge in [-0.1, -0.05) is 58.4 Å². The van der Waals surface area contributed by atoms with E-state index in [0.717, 1.165) is 21.2 Å². The minimum absolute atomic E-state index is 0.0416. The molecule has 0 amide bonds. The third-order valence-electron chi connectivity index (χ3n) is 3.48. The Balaban J connectivity index is 1.94. The Labute approximate surface area is 132 Å². The third-order valence-corrected chi connectivity index (χ3v) is 3.98. The predicted octanol–water partition coefficient (Wildman–Crippen LogP) is 3.86. The van der Waals surface area contributed by atoms with Crippen molar-refractivity contribution in [2.24, 2.45) is 5.73 Å². The van der Waals surface area contributed by atoms with Crippen molar-refractivity contribution in [1.82, 2.24) is 9.78 Å². The van der Waals surface area contributed by atoms with E-state index in [1.807, 2.05) is 47.4 Å². The number of nitrogens with two attached hydrogens (primary N) is 1. The molecule has 0 fully saturated rings. The second-order valence-electron chi connectivity index (χ2n) is 4.88. The summed E-state index contributed by atoms with van der Waals surface area (Å²) in [4.78, 5) is 0. The predicted molar refractivity (Wildman–Crippen MR) is 89.0 cm³/mol. The molecule has 0 aliphatic heterocycles. The Bertz CT molecular complexity index is 722. The number of halogens is 1. The van der Waals surface area contributed by atoms with Gasteiger partial charge >= 0.3 is 0 Å². The lowest BCUT2D eigenvalue weighted by Crippen LogP contribution is -2.20. The molecule has 1 aromatic heterocycles. The molecule has 0 radical (unpaired) electrons. The lowest BCUT2D eigenvalue weighted by Gasteiger charge is -2.16. The van der Waals surface area contributed by atoms with Crippen LogP contribution in [0, 0.1) is 0 Å². The highest BCUT2D eigenvalue weighted by molar-refractivity contribution is 9.10. The van der Waals surface area contributed by atoms with Crippen LogP contribution in [0.4, 0.5) is 0 Å². The van der Waals surface area contributed by atoms with Gasteiger partial charge in [0.25, 0.3) is 0 Å². The van der Waals surface area contributed by atoms with Crippen LogP contribution in [0.15, 0.2) is 71.5 Å². The highest BCUT2D eigenvalue weighted by Gasteiger charge is 2.14. The van der Waals surface area contributed by atoms with Crippen LogP contribution in [0.5, 0.6) is 0 Å². The topological polar surface area (TPSA) is 43.8 Å². The first-order valence-corrected chi connectivity index (χ1v) is 7.62. The van der Waals surface area contributed by atoms with Crippen molar-refractivity contribution in [3.05, 3.63) is 77.0 Å². The Hall–Kier alpha value is -1.91. The number of rotatable bonds is 4. The van der Waals surface area contributed by atoms with Crippen LogP contribution < -0.4 is 5.73 Å². The van der Waals surface area contributed by atoms with Crippen molar-refractivity contribution in [3.63, 3.8) is 0 Å². The van der Waals surface area contributed by atoms with Crippen LogP contribution in [-0.2, 0) is 0 Å². The van der Waals surface area contributed by atoms with Gasteiger partial charge in [-0.25, -0.2) is 0 Å². The van der Waals surface area contributed by atoms with Gasteiger partial charge in [-0.2, -0.15) is 5.10 Å². The number of benzene rings is 2. The number of hydrogen-bond donors (Lipinski definition) is 1. The van der Waals surface area contributed by atoms with Crippen molar-refractivity contribution in [2.75, 3.05) is 6.54 Å². The van der Waals surface area contributed by atoms with E-state index in [1.54, 1.807) is 0 Å². The summed E-state index contributed by atoms with van der Waals surface area (Å²) in [6.45, 7) is 0.506. The molecule has 21 heavy (non-hydrogen) atoms. The Kier molecular flexibility index (Phi) is 4.18. The molecule has 0 saturated heterocycles. The molecule has 3 aromatic rings. The molecule has 2 N–H and O–H groups in total. The summed E-state index contributed by atoms with van der Waals surface area (Å²) in [5.74, 6) is 0.